The summed E-state index contributed by atoms with van der Waals surface area (Å²) < 4.78 is 0. The molecule has 1 aliphatic heterocycles. The Kier molecular flexibility index (Phi) is 4.13. The number of nitrogens with one attached hydrogen (secondary N) is 1. The largest absolute Gasteiger partial charge is 0.310 e. The van der Waals surface area contributed by atoms with E-state index in [1.807, 2.05) is 0 Å². The molecule has 0 aromatic carbocycles. The van der Waals surface area contributed by atoms with Gasteiger partial charge in [0.25, 0.3) is 0 Å². The summed E-state index contributed by atoms with van der Waals surface area (Å²) in [7, 11) is 0. The van der Waals surface area contributed by atoms with Crippen molar-refractivity contribution < 1.29 is 0 Å². The molecule has 2 fully saturated rings. The van der Waals surface area contributed by atoms with Crippen LogP contribution in [0.5, 0.6) is 0 Å². The third-order valence-electron chi connectivity index (χ3n) is 5.77. The van der Waals surface area contributed by atoms with Crippen LogP contribution in [0.4, 0.5) is 0 Å². The zero-order valence-electron chi connectivity index (χ0n) is 13.7. The smallest absolute Gasteiger partial charge is 0.0183 e. The van der Waals surface area contributed by atoms with Crippen molar-refractivity contribution in [1.82, 2.24) is 10.2 Å². The molecule has 110 valence electrons. The highest BCUT2D eigenvalue weighted by atomic mass is 15.2. The fourth-order valence-electron chi connectivity index (χ4n) is 3.44. The fraction of sp³-hybridized carbons (Fsp3) is 0.882. The molecule has 1 aliphatic carbocycles. The molecule has 2 heteroatoms. The average Bonchev–Trinajstić information content (AvgIpc) is 2.71. The van der Waals surface area contributed by atoms with Crippen LogP contribution < -0.4 is 5.32 Å². The molecule has 0 spiro atoms. The summed E-state index contributed by atoms with van der Waals surface area (Å²) in [4.78, 5) is 2.58. The van der Waals surface area contributed by atoms with Crippen molar-refractivity contribution in [2.75, 3.05) is 19.6 Å². The molecule has 1 N–H and O–H groups in total. The quantitative estimate of drug-likeness (QED) is 0.783. The minimum atomic E-state index is 0.464. The van der Waals surface area contributed by atoms with E-state index in [0.717, 1.165) is 12.6 Å². The van der Waals surface area contributed by atoms with Gasteiger partial charge in [0.05, 0.1) is 0 Å². The third-order valence-corrected chi connectivity index (χ3v) is 5.77. The van der Waals surface area contributed by atoms with Crippen molar-refractivity contribution in [3.8, 4) is 0 Å². The van der Waals surface area contributed by atoms with Crippen molar-refractivity contribution in [1.29, 1.82) is 0 Å². The van der Waals surface area contributed by atoms with Gasteiger partial charge in [0, 0.05) is 18.6 Å². The Morgan fingerprint density at radius 3 is 2.05 bits per heavy atom. The Hall–Kier alpha value is -0.340. The first-order valence-corrected chi connectivity index (χ1v) is 7.87. The summed E-state index contributed by atoms with van der Waals surface area (Å²) in [6.07, 6.45) is 4.96. The lowest BCUT2D eigenvalue weighted by atomic mass is 10.0. The first-order valence-electron chi connectivity index (χ1n) is 7.87. The fourth-order valence-corrected chi connectivity index (χ4v) is 3.44. The predicted molar refractivity (Wildman–Crippen MR) is 83.4 cm³/mol. The maximum Gasteiger partial charge on any atom is 0.0183 e. The van der Waals surface area contributed by atoms with Crippen molar-refractivity contribution in [3.05, 3.63) is 11.6 Å². The zero-order valence-corrected chi connectivity index (χ0v) is 13.7. The Labute approximate surface area is 119 Å². The number of rotatable bonds is 4. The van der Waals surface area contributed by atoms with Crippen LogP contribution in [0, 0.1) is 10.8 Å². The Balaban J connectivity index is 1.75. The molecule has 19 heavy (non-hydrogen) atoms. The summed E-state index contributed by atoms with van der Waals surface area (Å²) >= 11 is 0. The van der Waals surface area contributed by atoms with Gasteiger partial charge in [0.2, 0.25) is 0 Å². The van der Waals surface area contributed by atoms with Crippen molar-refractivity contribution >= 4 is 0 Å². The van der Waals surface area contributed by atoms with Gasteiger partial charge < -0.3 is 5.32 Å². The molecule has 0 unspecified atom stereocenters. The molecule has 0 bridgehead atoms. The zero-order chi connectivity index (χ0) is 14.3. The topological polar surface area (TPSA) is 15.3 Å². The highest BCUT2D eigenvalue weighted by molar-refractivity contribution is 5.18. The van der Waals surface area contributed by atoms with E-state index < -0.39 is 0 Å². The molecule has 1 saturated heterocycles. The molecule has 0 radical (unpaired) electrons. The van der Waals surface area contributed by atoms with Gasteiger partial charge in [0.1, 0.15) is 0 Å². The van der Waals surface area contributed by atoms with Crippen LogP contribution in [0.2, 0.25) is 0 Å². The van der Waals surface area contributed by atoms with Crippen LogP contribution in [0.3, 0.4) is 0 Å². The second-order valence-corrected chi connectivity index (χ2v) is 7.90. The standard InChI is InChI=1S/C17H32N2/c1-13(2)7-10-19-11-8-14(9-12-19)18-15-16(3,4)17(15,5)6/h7,14-15,18H,8-12H2,1-6H3. The second-order valence-electron chi connectivity index (χ2n) is 7.90. The Bertz CT molecular complexity index is 328. The van der Waals surface area contributed by atoms with Crippen LogP contribution in [-0.2, 0) is 0 Å². The van der Waals surface area contributed by atoms with E-state index in [1.165, 1.54) is 31.5 Å². The van der Waals surface area contributed by atoms with E-state index >= 15 is 0 Å². The molecule has 1 saturated carbocycles. The predicted octanol–water partition coefficient (Wildman–Crippen LogP) is 3.44. The van der Waals surface area contributed by atoms with Crippen LogP contribution in [-0.4, -0.2) is 36.6 Å². The molecule has 2 nitrogen and oxygen atoms in total. The van der Waals surface area contributed by atoms with E-state index in [2.05, 4.69) is 57.8 Å². The van der Waals surface area contributed by atoms with Gasteiger partial charge in [-0.05, 0) is 50.6 Å². The molecule has 0 aromatic rings. The monoisotopic (exact) mass is 264 g/mol. The van der Waals surface area contributed by atoms with E-state index in [1.54, 1.807) is 0 Å². The highest BCUT2D eigenvalue weighted by Crippen LogP contribution is 2.62. The normalized spacial score (nSPS) is 27.3. The van der Waals surface area contributed by atoms with Crippen molar-refractivity contribution in [2.45, 2.75) is 66.5 Å². The molecule has 1 heterocycles. The summed E-state index contributed by atoms with van der Waals surface area (Å²) in [5, 5.41) is 3.92. The SMILES string of the molecule is CC(C)=CCN1CCC(NC2C(C)(C)C2(C)C)CC1. The molecular weight excluding hydrogens is 232 g/mol. The lowest BCUT2D eigenvalue weighted by Gasteiger charge is -2.32. The maximum absolute atomic E-state index is 3.92. The second kappa shape index (κ2) is 5.21. The summed E-state index contributed by atoms with van der Waals surface area (Å²) in [5.41, 5.74) is 2.36. The van der Waals surface area contributed by atoms with E-state index in [9.17, 15) is 0 Å². The number of nitrogens with zero attached hydrogens (tertiary/aromatic N) is 1. The molecule has 2 aliphatic rings. The number of hydrogen-bond acceptors (Lipinski definition) is 2. The van der Waals surface area contributed by atoms with Crippen LogP contribution in [0.25, 0.3) is 0 Å². The van der Waals surface area contributed by atoms with E-state index in [4.69, 9.17) is 0 Å². The molecule has 2 rings (SSSR count). The lowest BCUT2D eigenvalue weighted by molar-refractivity contribution is 0.210. The molecular formula is C17H32N2. The summed E-state index contributed by atoms with van der Waals surface area (Å²) in [5.74, 6) is 0. The van der Waals surface area contributed by atoms with Crippen molar-refractivity contribution in [2.24, 2.45) is 10.8 Å². The van der Waals surface area contributed by atoms with Crippen LogP contribution in [0.1, 0.15) is 54.4 Å². The van der Waals surface area contributed by atoms with Gasteiger partial charge in [-0.2, -0.15) is 0 Å². The van der Waals surface area contributed by atoms with Gasteiger partial charge in [-0.25, -0.2) is 0 Å². The average molecular weight is 264 g/mol. The Morgan fingerprint density at radius 1 is 1.11 bits per heavy atom. The molecule has 0 aromatic heterocycles. The summed E-state index contributed by atoms with van der Waals surface area (Å²) in [6, 6.07) is 1.43. The van der Waals surface area contributed by atoms with Gasteiger partial charge in [0.15, 0.2) is 0 Å². The van der Waals surface area contributed by atoms with Gasteiger partial charge in [-0.3, -0.25) is 4.90 Å². The van der Waals surface area contributed by atoms with Gasteiger partial charge >= 0.3 is 0 Å². The third kappa shape index (κ3) is 3.05. The van der Waals surface area contributed by atoms with Gasteiger partial charge in [-0.1, -0.05) is 39.3 Å². The minimum Gasteiger partial charge on any atom is -0.310 e. The molecule has 0 atom stereocenters. The first kappa shape index (κ1) is 15.1. The van der Waals surface area contributed by atoms with Crippen LogP contribution in [0.15, 0.2) is 11.6 Å². The van der Waals surface area contributed by atoms with E-state index in [0.29, 0.717) is 16.9 Å². The number of allylic oxidation sites excluding steroid dienone is 1. The number of hydrogen-bond donors (Lipinski definition) is 1. The first-order chi connectivity index (χ1) is 8.75. The minimum absolute atomic E-state index is 0.464. The highest BCUT2D eigenvalue weighted by Gasteiger charge is 2.64. The van der Waals surface area contributed by atoms with Crippen molar-refractivity contribution in [3.63, 3.8) is 0 Å². The summed E-state index contributed by atoms with van der Waals surface area (Å²) in [6.45, 7) is 17.6. The number of likely N-dealkylation sites (tertiary alicyclic amines) is 1. The van der Waals surface area contributed by atoms with Crippen LogP contribution >= 0.6 is 0 Å². The Morgan fingerprint density at radius 2 is 1.63 bits per heavy atom. The lowest BCUT2D eigenvalue weighted by Crippen LogP contribution is -2.44. The van der Waals surface area contributed by atoms with E-state index in [-0.39, 0.29) is 0 Å². The maximum atomic E-state index is 3.92. The number of piperidine rings is 1. The van der Waals surface area contributed by atoms with Gasteiger partial charge in [-0.15, -0.1) is 0 Å². The molecule has 0 amide bonds.